The molecule has 26 heavy (non-hydrogen) atoms. The molecule has 3 aromatic rings. The van der Waals surface area contributed by atoms with Crippen LogP contribution in [0.2, 0.25) is 0 Å². The van der Waals surface area contributed by atoms with Crippen LogP contribution >= 0.6 is 0 Å². The predicted molar refractivity (Wildman–Crippen MR) is 101 cm³/mol. The van der Waals surface area contributed by atoms with Gasteiger partial charge < -0.3 is 19.2 Å². The molecule has 0 saturated carbocycles. The summed E-state index contributed by atoms with van der Waals surface area (Å²) in [5.41, 5.74) is -0.0474. The molecule has 1 aliphatic rings. The van der Waals surface area contributed by atoms with Crippen LogP contribution in [0.25, 0.3) is 21.7 Å². The summed E-state index contributed by atoms with van der Waals surface area (Å²) in [5, 5.41) is 11.6. The van der Waals surface area contributed by atoms with E-state index in [9.17, 15) is 9.90 Å². The summed E-state index contributed by atoms with van der Waals surface area (Å²) in [5.74, 6) is 0.737. The van der Waals surface area contributed by atoms with Gasteiger partial charge in [-0.3, -0.25) is 4.90 Å². The average Bonchev–Trinajstić information content (AvgIpc) is 2.63. The Labute approximate surface area is 151 Å². The van der Waals surface area contributed by atoms with E-state index in [4.69, 9.17) is 9.15 Å². The van der Waals surface area contributed by atoms with E-state index >= 15 is 0 Å². The number of aromatic hydroxyl groups is 1. The molecule has 6 heteroatoms. The summed E-state index contributed by atoms with van der Waals surface area (Å²) in [6.45, 7) is 5.73. The van der Waals surface area contributed by atoms with E-state index in [1.165, 1.54) is 6.07 Å². The number of hydrogen-bond donors (Lipinski definition) is 1. The Balaban J connectivity index is 1.52. The zero-order valence-corrected chi connectivity index (χ0v) is 14.8. The first-order valence-electron chi connectivity index (χ1n) is 8.83. The van der Waals surface area contributed by atoms with Gasteiger partial charge >= 0.3 is 5.63 Å². The summed E-state index contributed by atoms with van der Waals surface area (Å²) in [6.07, 6.45) is 0. The molecule has 0 bridgehead atoms. The van der Waals surface area contributed by atoms with E-state index in [0.717, 1.165) is 43.5 Å². The number of nitrogens with zero attached hydrogens (tertiary/aromatic N) is 2. The molecule has 0 unspecified atom stereocenters. The van der Waals surface area contributed by atoms with Crippen molar-refractivity contribution in [2.45, 2.75) is 0 Å². The van der Waals surface area contributed by atoms with Gasteiger partial charge in [0, 0.05) is 49.6 Å². The standard InChI is InChI=1S/C20H22N2O4/c1-21-6-8-22(9-7-21)10-11-25-15-3-5-16-17-4-2-14(23)12-19(17)26-20(24)18(16)13-15/h2-5,12-13,23H,6-11H2,1H3. The molecule has 1 aromatic heterocycles. The van der Waals surface area contributed by atoms with Crippen molar-refractivity contribution in [1.29, 1.82) is 0 Å². The van der Waals surface area contributed by atoms with Crippen LogP contribution in [-0.4, -0.2) is 61.3 Å². The van der Waals surface area contributed by atoms with E-state index in [2.05, 4.69) is 16.8 Å². The lowest BCUT2D eigenvalue weighted by atomic mass is 10.1. The van der Waals surface area contributed by atoms with Gasteiger partial charge in [-0.2, -0.15) is 0 Å². The highest BCUT2D eigenvalue weighted by Crippen LogP contribution is 2.28. The third-order valence-corrected chi connectivity index (χ3v) is 4.94. The van der Waals surface area contributed by atoms with E-state index in [-0.39, 0.29) is 5.75 Å². The average molecular weight is 354 g/mol. The van der Waals surface area contributed by atoms with Gasteiger partial charge in [0.25, 0.3) is 0 Å². The zero-order chi connectivity index (χ0) is 18.1. The lowest BCUT2D eigenvalue weighted by molar-refractivity contribution is 0.134. The van der Waals surface area contributed by atoms with Crippen LogP contribution in [0.1, 0.15) is 0 Å². The Bertz CT molecular complexity index is 990. The maximum atomic E-state index is 12.3. The number of phenols is 1. The highest BCUT2D eigenvalue weighted by Gasteiger charge is 2.14. The summed E-state index contributed by atoms with van der Waals surface area (Å²) in [6, 6.07) is 10.3. The smallest absolute Gasteiger partial charge is 0.344 e. The monoisotopic (exact) mass is 354 g/mol. The molecule has 136 valence electrons. The largest absolute Gasteiger partial charge is 0.508 e. The van der Waals surface area contributed by atoms with Crippen LogP contribution in [-0.2, 0) is 0 Å². The summed E-state index contributed by atoms with van der Waals surface area (Å²) in [4.78, 5) is 17.0. The third kappa shape index (κ3) is 3.38. The lowest BCUT2D eigenvalue weighted by Gasteiger charge is -2.32. The number of ether oxygens (including phenoxy) is 1. The number of hydrogen-bond acceptors (Lipinski definition) is 6. The first kappa shape index (κ1) is 16.9. The molecule has 2 heterocycles. The van der Waals surface area contributed by atoms with Crippen molar-refractivity contribution >= 4 is 21.7 Å². The quantitative estimate of drug-likeness (QED) is 0.573. The minimum Gasteiger partial charge on any atom is -0.508 e. The first-order valence-corrected chi connectivity index (χ1v) is 8.83. The highest BCUT2D eigenvalue weighted by atomic mass is 16.5. The molecule has 6 nitrogen and oxygen atoms in total. The second kappa shape index (κ2) is 6.97. The van der Waals surface area contributed by atoms with Gasteiger partial charge in [0.15, 0.2) is 0 Å². The number of likely N-dealkylation sites (N-methyl/N-ethyl adjacent to an activating group) is 1. The molecule has 1 aliphatic heterocycles. The number of phenolic OH excluding ortho intramolecular Hbond substituents is 1. The predicted octanol–water partition coefficient (Wildman–Crippen LogP) is 2.28. The molecular weight excluding hydrogens is 332 g/mol. The molecule has 1 saturated heterocycles. The van der Waals surface area contributed by atoms with Gasteiger partial charge in [-0.25, -0.2) is 4.79 Å². The second-order valence-electron chi connectivity index (χ2n) is 6.77. The molecule has 0 amide bonds. The fourth-order valence-corrected chi connectivity index (χ4v) is 3.35. The van der Waals surface area contributed by atoms with Crippen molar-refractivity contribution in [3.05, 3.63) is 46.8 Å². The molecule has 0 spiro atoms. The summed E-state index contributed by atoms with van der Waals surface area (Å²) in [7, 11) is 2.14. The Hall–Kier alpha value is -2.57. The number of fused-ring (bicyclic) bond motifs is 3. The molecule has 4 rings (SSSR count). The van der Waals surface area contributed by atoms with Gasteiger partial charge in [-0.15, -0.1) is 0 Å². The SMILES string of the molecule is CN1CCN(CCOc2ccc3c(c2)c(=O)oc2cc(O)ccc23)CC1. The van der Waals surface area contributed by atoms with E-state index in [1.54, 1.807) is 18.2 Å². The number of benzene rings is 2. The maximum Gasteiger partial charge on any atom is 0.344 e. The molecule has 0 radical (unpaired) electrons. The van der Waals surface area contributed by atoms with Crippen molar-refractivity contribution in [2.24, 2.45) is 0 Å². The van der Waals surface area contributed by atoms with Gasteiger partial charge in [0.1, 0.15) is 23.7 Å². The molecular formula is C20H22N2O4. The zero-order valence-electron chi connectivity index (χ0n) is 14.8. The molecule has 1 fully saturated rings. The van der Waals surface area contributed by atoms with Crippen LogP contribution in [0, 0.1) is 0 Å². The van der Waals surface area contributed by atoms with E-state index in [0.29, 0.717) is 23.3 Å². The minimum atomic E-state index is -0.428. The van der Waals surface area contributed by atoms with Crippen LogP contribution in [0.5, 0.6) is 11.5 Å². The molecule has 1 N–H and O–H groups in total. The Morgan fingerprint density at radius 3 is 2.62 bits per heavy atom. The molecule has 0 aliphatic carbocycles. The highest BCUT2D eigenvalue weighted by molar-refractivity contribution is 6.04. The van der Waals surface area contributed by atoms with E-state index in [1.807, 2.05) is 12.1 Å². The fraction of sp³-hybridized carbons (Fsp3) is 0.350. The van der Waals surface area contributed by atoms with Crippen LogP contribution in [0.3, 0.4) is 0 Å². The first-order chi connectivity index (χ1) is 12.6. The Morgan fingerprint density at radius 1 is 1.04 bits per heavy atom. The van der Waals surface area contributed by atoms with Crippen molar-refractivity contribution in [3.8, 4) is 11.5 Å². The molecule has 0 atom stereocenters. The van der Waals surface area contributed by atoms with Gasteiger partial charge in [0.05, 0.1) is 5.39 Å². The van der Waals surface area contributed by atoms with Crippen LogP contribution in [0.4, 0.5) is 0 Å². The van der Waals surface area contributed by atoms with Crippen molar-refractivity contribution in [2.75, 3.05) is 46.4 Å². The lowest BCUT2D eigenvalue weighted by Crippen LogP contribution is -2.45. The van der Waals surface area contributed by atoms with Gasteiger partial charge in [0.2, 0.25) is 0 Å². The number of rotatable bonds is 4. The van der Waals surface area contributed by atoms with Gasteiger partial charge in [-0.1, -0.05) is 0 Å². The second-order valence-corrected chi connectivity index (χ2v) is 6.77. The molecule has 2 aromatic carbocycles. The van der Waals surface area contributed by atoms with Crippen LogP contribution in [0.15, 0.2) is 45.6 Å². The fourth-order valence-electron chi connectivity index (χ4n) is 3.35. The number of piperazine rings is 1. The third-order valence-electron chi connectivity index (χ3n) is 4.94. The minimum absolute atomic E-state index is 0.0730. The maximum absolute atomic E-state index is 12.3. The topological polar surface area (TPSA) is 66.2 Å². The van der Waals surface area contributed by atoms with Crippen molar-refractivity contribution < 1.29 is 14.3 Å². The van der Waals surface area contributed by atoms with E-state index < -0.39 is 5.63 Å². The summed E-state index contributed by atoms with van der Waals surface area (Å²) >= 11 is 0. The van der Waals surface area contributed by atoms with Crippen molar-refractivity contribution in [3.63, 3.8) is 0 Å². The van der Waals surface area contributed by atoms with Crippen molar-refractivity contribution in [1.82, 2.24) is 9.80 Å². The normalized spacial score (nSPS) is 16.3. The van der Waals surface area contributed by atoms with Crippen LogP contribution < -0.4 is 10.4 Å². The summed E-state index contributed by atoms with van der Waals surface area (Å²) < 4.78 is 11.2. The Morgan fingerprint density at radius 2 is 1.81 bits per heavy atom. The Kier molecular flexibility index (Phi) is 4.53. The van der Waals surface area contributed by atoms with Gasteiger partial charge in [-0.05, 0) is 37.4 Å².